The molecule has 2 aliphatic rings. The van der Waals surface area contributed by atoms with Crippen LogP contribution in [0.3, 0.4) is 0 Å². The van der Waals surface area contributed by atoms with Gasteiger partial charge >= 0.3 is 0 Å². The lowest BCUT2D eigenvalue weighted by Gasteiger charge is -2.36. The summed E-state index contributed by atoms with van der Waals surface area (Å²) in [5.74, 6) is 0.438. The van der Waals surface area contributed by atoms with Gasteiger partial charge in [-0.3, -0.25) is 4.79 Å². The molecule has 0 fully saturated rings. The fraction of sp³-hybridized carbons (Fsp3) is 0.375. The smallest absolute Gasteiger partial charge is 0.205 e. The number of nitrogens with zero attached hydrogens (tertiary/aromatic N) is 1. The summed E-state index contributed by atoms with van der Waals surface area (Å²) in [5, 5.41) is 11.4. The van der Waals surface area contributed by atoms with Crippen LogP contribution >= 0.6 is 11.3 Å². The summed E-state index contributed by atoms with van der Waals surface area (Å²) in [7, 11) is 0. The van der Waals surface area contributed by atoms with Crippen molar-refractivity contribution in [2.24, 2.45) is 11.1 Å². The van der Waals surface area contributed by atoms with Crippen molar-refractivity contribution in [2.45, 2.75) is 32.6 Å². The molecule has 1 aromatic rings. The van der Waals surface area contributed by atoms with Crippen molar-refractivity contribution < 1.29 is 9.53 Å². The van der Waals surface area contributed by atoms with Crippen molar-refractivity contribution in [3.8, 4) is 6.07 Å². The molecule has 1 aliphatic heterocycles. The Morgan fingerprint density at radius 2 is 2.24 bits per heavy atom. The lowest BCUT2D eigenvalue weighted by atomic mass is 9.71. The van der Waals surface area contributed by atoms with Crippen LogP contribution in [0.1, 0.15) is 37.5 Å². The zero-order valence-electron chi connectivity index (χ0n) is 12.0. The van der Waals surface area contributed by atoms with Crippen LogP contribution in [-0.4, -0.2) is 5.78 Å². The Morgan fingerprint density at radius 1 is 1.48 bits per heavy atom. The van der Waals surface area contributed by atoms with E-state index in [0.29, 0.717) is 29.7 Å². The number of thiophene rings is 1. The number of nitriles is 1. The van der Waals surface area contributed by atoms with Gasteiger partial charge < -0.3 is 10.5 Å². The van der Waals surface area contributed by atoms with Crippen LogP contribution < -0.4 is 5.73 Å². The summed E-state index contributed by atoms with van der Waals surface area (Å²) in [5.41, 5.74) is 6.73. The van der Waals surface area contributed by atoms with Crippen molar-refractivity contribution in [1.29, 1.82) is 5.26 Å². The Hall–Kier alpha value is -2.06. The second kappa shape index (κ2) is 4.74. The summed E-state index contributed by atoms with van der Waals surface area (Å²) >= 11 is 1.53. The molecule has 1 atom stereocenters. The second-order valence-electron chi connectivity index (χ2n) is 6.22. The Labute approximate surface area is 127 Å². The zero-order valence-corrected chi connectivity index (χ0v) is 12.8. The van der Waals surface area contributed by atoms with Crippen LogP contribution in [0.15, 0.2) is 40.3 Å². The molecule has 2 N–H and O–H groups in total. The lowest BCUT2D eigenvalue weighted by Crippen LogP contribution is -2.33. The van der Waals surface area contributed by atoms with Crippen LogP contribution in [0.25, 0.3) is 0 Å². The third-order valence-electron chi connectivity index (χ3n) is 3.90. The number of rotatable bonds is 1. The first-order chi connectivity index (χ1) is 9.93. The quantitative estimate of drug-likeness (QED) is 0.864. The monoisotopic (exact) mass is 300 g/mol. The first kappa shape index (κ1) is 13.9. The number of hydrogen-bond donors (Lipinski definition) is 1. The molecule has 1 aromatic heterocycles. The summed E-state index contributed by atoms with van der Waals surface area (Å²) in [4.78, 5) is 13.6. The SMILES string of the molecule is CC1(C)CC(=O)C2=C(C1)OC(N)=C(C#N)[C@H]2c1cccs1. The van der Waals surface area contributed by atoms with Gasteiger partial charge in [-0.05, 0) is 16.9 Å². The predicted octanol–water partition coefficient (Wildman–Crippen LogP) is 3.20. The van der Waals surface area contributed by atoms with Gasteiger partial charge in [-0.1, -0.05) is 19.9 Å². The van der Waals surface area contributed by atoms with Crippen molar-refractivity contribution in [1.82, 2.24) is 0 Å². The summed E-state index contributed by atoms with van der Waals surface area (Å²) in [6.07, 6.45) is 1.13. The third kappa shape index (κ3) is 2.26. The predicted molar refractivity (Wildman–Crippen MR) is 80.0 cm³/mol. The molecule has 0 unspecified atom stereocenters. The Kier molecular flexibility index (Phi) is 3.14. The van der Waals surface area contributed by atoms with E-state index in [9.17, 15) is 10.1 Å². The number of carbonyl (C=O) groups is 1. The van der Waals surface area contributed by atoms with Crippen LogP contribution in [0, 0.1) is 16.7 Å². The molecule has 2 heterocycles. The molecule has 4 nitrogen and oxygen atoms in total. The fourth-order valence-corrected chi connectivity index (χ4v) is 3.87. The second-order valence-corrected chi connectivity index (χ2v) is 7.20. The van der Waals surface area contributed by atoms with Crippen molar-refractivity contribution >= 4 is 17.1 Å². The van der Waals surface area contributed by atoms with E-state index >= 15 is 0 Å². The molecule has 0 spiro atoms. The summed E-state index contributed by atoms with van der Waals surface area (Å²) in [6.45, 7) is 4.08. The first-order valence-electron chi connectivity index (χ1n) is 6.80. The Morgan fingerprint density at radius 3 is 2.86 bits per heavy atom. The molecule has 0 radical (unpaired) electrons. The number of carbonyl (C=O) groups excluding carboxylic acids is 1. The average molecular weight is 300 g/mol. The maximum Gasteiger partial charge on any atom is 0.205 e. The van der Waals surface area contributed by atoms with Crippen LogP contribution in [-0.2, 0) is 9.53 Å². The molecule has 0 amide bonds. The van der Waals surface area contributed by atoms with Crippen LogP contribution in [0.2, 0.25) is 0 Å². The van der Waals surface area contributed by atoms with E-state index < -0.39 is 0 Å². The maximum atomic E-state index is 12.6. The summed E-state index contributed by atoms with van der Waals surface area (Å²) < 4.78 is 5.63. The molecule has 5 heteroatoms. The highest BCUT2D eigenvalue weighted by Crippen LogP contribution is 2.48. The highest BCUT2D eigenvalue weighted by Gasteiger charge is 2.43. The first-order valence-corrected chi connectivity index (χ1v) is 7.68. The van der Waals surface area contributed by atoms with E-state index in [0.717, 1.165) is 4.88 Å². The van der Waals surface area contributed by atoms with E-state index in [1.54, 1.807) is 0 Å². The Balaban J connectivity index is 2.17. The van der Waals surface area contributed by atoms with Crippen molar-refractivity contribution in [2.75, 3.05) is 0 Å². The van der Waals surface area contributed by atoms with Crippen LogP contribution in [0.5, 0.6) is 0 Å². The fourth-order valence-electron chi connectivity index (χ4n) is 3.02. The maximum absolute atomic E-state index is 12.6. The van der Waals surface area contributed by atoms with Gasteiger partial charge in [0.1, 0.15) is 17.4 Å². The van der Waals surface area contributed by atoms with Crippen LogP contribution in [0.4, 0.5) is 0 Å². The highest BCUT2D eigenvalue weighted by atomic mass is 32.1. The van der Waals surface area contributed by atoms with Gasteiger partial charge in [0.15, 0.2) is 5.78 Å². The molecular formula is C16H16N2O2S. The Bertz CT molecular complexity index is 705. The molecule has 0 saturated carbocycles. The standard InChI is InChI=1S/C16H16N2O2S/c1-16(2)6-10(19)14-11(7-16)20-15(18)9(8-17)13(14)12-4-3-5-21-12/h3-5,13H,6-7,18H2,1-2H3/t13-/m0/s1. The molecular weight excluding hydrogens is 284 g/mol. The third-order valence-corrected chi connectivity index (χ3v) is 4.84. The molecule has 1 aliphatic carbocycles. The number of hydrogen-bond acceptors (Lipinski definition) is 5. The zero-order chi connectivity index (χ0) is 15.2. The van der Waals surface area contributed by atoms with Gasteiger partial charge in [0.25, 0.3) is 0 Å². The molecule has 3 rings (SSSR count). The minimum absolute atomic E-state index is 0.0555. The van der Waals surface area contributed by atoms with Crippen molar-refractivity contribution in [3.05, 3.63) is 45.2 Å². The minimum atomic E-state index is -0.373. The molecule has 0 saturated heterocycles. The van der Waals surface area contributed by atoms with Gasteiger partial charge in [0.05, 0.1) is 5.92 Å². The van der Waals surface area contributed by atoms with Crippen molar-refractivity contribution in [3.63, 3.8) is 0 Å². The molecule has 21 heavy (non-hydrogen) atoms. The average Bonchev–Trinajstić information content (AvgIpc) is 2.88. The topological polar surface area (TPSA) is 76.1 Å². The molecule has 0 bridgehead atoms. The lowest BCUT2D eigenvalue weighted by molar-refractivity contribution is -0.119. The molecule has 108 valence electrons. The van der Waals surface area contributed by atoms with Gasteiger partial charge in [0, 0.05) is 23.3 Å². The largest absolute Gasteiger partial charge is 0.444 e. The number of ether oxygens (including phenoxy) is 1. The highest BCUT2D eigenvalue weighted by molar-refractivity contribution is 7.10. The molecule has 0 aromatic carbocycles. The minimum Gasteiger partial charge on any atom is -0.444 e. The van der Waals surface area contributed by atoms with E-state index in [1.807, 2.05) is 31.4 Å². The number of Topliss-reactive ketones (excluding diaryl/α,β-unsaturated/α-hetero) is 1. The van der Waals surface area contributed by atoms with Gasteiger partial charge in [-0.25, -0.2) is 0 Å². The number of nitrogens with two attached hydrogens (primary N) is 1. The van der Waals surface area contributed by atoms with E-state index in [4.69, 9.17) is 10.5 Å². The van der Waals surface area contributed by atoms with Gasteiger partial charge in [-0.15, -0.1) is 11.3 Å². The number of ketones is 1. The van der Waals surface area contributed by atoms with E-state index in [1.165, 1.54) is 11.3 Å². The van der Waals surface area contributed by atoms with Gasteiger partial charge in [0.2, 0.25) is 5.88 Å². The van der Waals surface area contributed by atoms with Gasteiger partial charge in [-0.2, -0.15) is 5.26 Å². The number of allylic oxidation sites excluding steroid dienone is 3. The summed E-state index contributed by atoms with van der Waals surface area (Å²) in [6, 6.07) is 5.96. The van der Waals surface area contributed by atoms with E-state index in [2.05, 4.69) is 6.07 Å². The van der Waals surface area contributed by atoms with E-state index in [-0.39, 0.29) is 23.0 Å². The normalized spacial score (nSPS) is 24.4.